The van der Waals surface area contributed by atoms with Crippen molar-refractivity contribution in [1.82, 2.24) is 4.72 Å². The average molecular weight is 336 g/mol. The third-order valence-corrected chi connectivity index (χ3v) is 4.57. The van der Waals surface area contributed by atoms with E-state index in [1.807, 2.05) is 4.72 Å². The van der Waals surface area contributed by atoms with Gasteiger partial charge in [-0.1, -0.05) is 17.7 Å². The highest BCUT2D eigenvalue weighted by Crippen LogP contribution is 2.22. The minimum absolute atomic E-state index is 0.0372. The summed E-state index contributed by atoms with van der Waals surface area (Å²) in [6, 6.07) is 2.68. The van der Waals surface area contributed by atoms with E-state index in [2.05, 4.69) is 0 Å². The molecule has 0 aliphatic rings. The van der Waals surface area contributed by atoms with Gasteiger partial charge in [0.25, 0.3) is 0 Å². The van der Waals surface area contributed by atoms with Crippen molar-refractivity contribution >= 4 is 33.6 Å². The fourth-order valence-corrected chi connectivity index (χ4v) is 3.40. The minimum Gasteiger partial charge on any atom is -0.481 e. The molecule has 1 rings (SSSR count). The normalized spacial score (nSPS) is 12.9. The first-order chi connectivity index (χ1) is 9.63. The van der Waals surface area contributed by atoms with E-state index in [-0.39, 0.29) is 16.3 Å². The molecule has 0 saturated heterocycles. The maximum absolute atomic E-state index is 12.1. The molecule has 0 fully saturated rings. The number of hydrogen-bond donors (Lipinski definition) is 3. The van der Waals surface area contributed by atoms with Gasteiger partial charge in [-0.05, 0) is 31.0 Å². The number of halogens is 1. The SMILES string of the molecule is Cc1ccc(S(=O)(=O)NC(CCC(=O)O)C(=O)O)c(Cl)c1. The number of rotatable bonds is 7. The van der Waals surface area contributed by atoms with Gasteiger partial charge in [-0.15, -0.1) is 0 Å². The highest BCUT2D eigenvalue weighted by molar-refractivity contribution is 7.89. The number of hydrogen-bond acceptors (Lipinski definition) is 4. The number of carboxylic acids is 2. The Morgan fingerprint density at radius 2 is 1.95 bits per heavy atom. The fraction of sp³-hybridized carbons (Fsp3) is 0.333. The van der Waals surface area contributed by atoms with Gasteiger partial charge in [-0.2, -0.15) is 4.72 Å². The zero-order chi connectivity index (χ0) is 16.2. The van der Waals surface area contributed by atoms with Crippen LogP contribution < -0.4 is 4.72 Å². The number of carboxylic acid groups (broad SMARTS) is 2. The molecule has 1 atom stereocenters. The quantitative estimate of drug-likeness (QED) is 0.689. The maximum Gasteiger partial charge on any atom is 0.321 e. The molecule has 0 radical (unpaired) electrons. The van der Waals surface area contributed by atoms with Gasteiger partial charge >= 0.3 is 11.9 Å². The van der Waals surface area contributed by atoms with Crippen LogP contribution in [0.3, 0.4) is 0 Å². The highest BCUT2D eigenvalue weighted by Gasteiger charge is 2.27. The smallest absolute Gasteiger partial charge is 0.321 e. The minimum atomic E-state index is -4.16. The van der Waals surface area contributed by atoms with Crippen LogP contribution >= 0.6 is 11.6 Å². The summed E-state index contributed by atoms with van der Waals surface area (Å²) < 4.78 is 26.2. The van der Waals surface area contributed by atoms with Crippen molar-refractivity contribution in [3.8, 4) is 0 Å². The van der Waals surface area contributed by atoms with Gasteiger partial charge in [-0.25, -0.2) is 8.42 Å². The van der Waals surface area contributed by atoms with Gasteiger partial charge < -0.3 is 10.2 Å². The van der Waals surface area contributed by atoms with Gasteiger partial charge in [0.15, 0.2) is 0 Å². The summed E-state index contributed by atoms with van der Waals surface area (Å²) in [5.74, 6) is -2.67. The molecule has 1 unspecified atom stereocenters. The Morgan fingerprint density at radius 1 is 1.33 bits per heavy atom. The lowest BCUT2D eigenvalue weighted by Gasteiger charge is -2.14. The molecular formula is C12H14ClNO6S. The molecule has 21 heavy (non-hydrogen) atoms. The summed E-state index contributed by atoms with van der Waals surface area (Å²) in [4.78, 5) is 21.2. The maximum atomic E-state index is 12.1. The molecule has 0 amide bonds. The Labute approximate surface area is 126 Å². The van der Waals surface area contributed by atoms with E-state index >= 15 is 0 Å². The summed E-state index contributed by atoms with van der Waals surface area (Å²) in [7, 11) is -4.16. The molecule has 0 aromatic heterocycles. The lowest BCUT2D eigenvalue weighted by Crippen LogP contribution is -2.41. The first-order valence-electron chi connectivity index (χ1n) is 5.86. The molecule has 9 heteroatoms. The Kier molecular flexibility index (Phi) is 5.70. The molecule has 1 aromatic rings. The summed E-state index contributed by atoms with van der Waals surface area (Å²) in [5.41, 5.74) is 0.750. The standard InChI is InChI=1S/C12H14ClNO6S/c1-7-2-4-10(8(13)6-7)21(19,20)14-9(12(17)18)3-5-11(15)16/h2,4,6,9,14H,3,5H2,1H3,(H,15,16)(H,17,18). The van der Waals surface area contributed by atoms with Crippen molar-refractivity contribution in [1.29, 1.82) is 0 Å². The van der Waals surface area contributed by atoms with Crippen LogP contribution in [0, 0.1) is 6.92 Å². The number of sulfonamides is 1. The molecule has 3 N–H and O–H groups in total. The van der Waals surface area contributed by atoms with Crippen molar-refractivity contribution in [2.75, 3.05) is 0 Å². The summed E-state index contributed by atoms with van der Waals surface area (Å²) in [6.45, 7) is 1.72. The van der Waals surface area contributed by atoms with E-state index in [9.17, 15) is 18.0 Å². The van der Waals surface area contributed by atoms with Crippen LogP contribution in [0.15, 0.2) is 23.1 Å². The summed E-state index contributed by atoms with van der Waals surface area (Å²) in [6.07, 6.45) is -0.839. The van der Waals surface area contributed by atoms with Gasteiger partial charge in [-0.3, -0.25) is 9.59 Å². The fourth-order valence-electron chi connectivity index (χ4n) is 1.58. The van der Waals surface area contributed by atoms with Crippen LogP contribution in [0.4, 0.5) is 0 Å². The van der Waals surface area contributed by atoms with E-state index < -0.39 is 34.4 Å². The molecule has 1 aromatic carbocycles. The molecular weight excluding hydrogens is 322 g/mol. The lowest BCUT2D eigenvalue weighted by molar-refractivity contribution is -0.140. The topological polar surface area (TPSA) is 121 Å². The second-order valence-electron chi connectivity index (χ2n) is 4.38. The van der Waals surface area contributed by atoms with Crippen molar-refractivity contribution < 1.29 is 28.2 Å². The van der Waals surface area contributed by atoms with Crippen LogP contribution in [0.2, 0.25) is 5.02 Å². The van der Waals surface area contributed by atoms with Crippen molar-refractivity contribution in [2.45, 2.75) is 30.7 Å². The number of aliphatic carboxylic acids is 2. The van der Waals surface area contributed by atoms with Crippen LogP contribution in [0.1, 0.15) is 18.4 Å². The predicted octanol–water partition coefficient (Wildman–Crippen LogP) is 1.24. The van der Waals surface area contributed by atoms with Gasteiger partial charge in [0.2, 0.25) is 10.0 Å². The average Bonchev–Trinajstić information content (AvgIpc) is 2.33. The van der Waals surface area contributed by atoms with E-state index in [1.54, 1.807) is 6.92 Å². The molecule has 0 aliphatic heterocycles. The molecule has 0 saturated carbocycles. The molecule has 0 spiro atoms. The number of carbonyl (C=O) groups is 2. The Bertz CT molecular complexity index is 658. The molecule has 116 valence electrons. The third kappa shape index (κ3) is 5.00. The highest BCUT2D eigenvalue weighted by atomic mass is 35.5. The Morgan fingerprint density at radius 3 is 2.43 bits per heavy atom. The largest absolute Gasteiger partial charge is 0.481 e. The molecule has 7 nitrogen and oxygen atoms in total. The van der Waals surface area contributed by atoms with E-state index in [0.29, 0.717) is 0 Å². The van der Waals surface area contributed by atoms with E-state index in [4.69, 9.17) is 21.8 Å². The number of benzene rings is 1. The van der Waals surface area contributed by atoms with Crippen LogP contribution in [-0.2, 0) is 19.6 Å². The summed E-state index contributed by atoms with van der Waals surface area (Å²) >= 11 is 5.84. The molecule has 0 bridgehead atoms. The van der Waals surface area contributed by atoms with Crippen molar-refractivity contribution in [3.05, 3.63) is 28.8 Å². The zero-order valence-corrected chi connectivity index (χ0v) is 12.6. The van der Waals surface area contributed by atoms with E-state index in [1.165, 1.54) is 18.2 Å². The monoisotopic (exact) mass is 335 g/mol. The van der Waals surface area contributed by atoms with Crippen LogP contribution in [-0.4, -0.2) is 36.6 Å². The van der Waals surface area contributed by atoms with E-state index in [0.717, 1.165) is 5.56 Å². The van der Waals surface area contributed by atoms with Crippen molar-refractivity contribution in [2.24, 2.45) is 0 Å². The predicted molar refractivity (Wildman–Crippen MR) is 74.8 cm³/mol. The van der Waals surface area contributed by atoms with Crippen molar-refractivity contribution in [3.63, 3.8) is 0 Å². The molecule has 0 heterocycles. The van der Waals surface area contributed by atoms with Gasteiger partial charge in [0, 0.05) is 6.42 Å². The number of nitrogens with one attached hydrogen (secondary N) is 1. The lowest BCUT2D eigenvalue weighted by atomic mass is 10.2. The third-order valence-electron chi connectivity index (χ3n) is 2.62. The Balaban J connectivity index is 3.00. The zero-order valence-electron chi connectivity index (χ0n) is 11.0. The second kappa shape index (κ2) is 6.88. The molecule has 0 aliphatic carbocycles. The van der Waals surface area contributed by atoms with Gasteiger partial charge in [0.1, 0.15) is 10.9 Å². The first-order valence-corrected chi connectivity index (χ1v) is 7.72. The number of aryl methyl sites for hydroxylation is 1. The Hall–Kier alpha value is -1.64. The van der Waals surface area contributed by atoms with Crippen LogP contribution in [0.25, 0.3) is 0 Å². The van der Waals surface area contributed by atoms with Crippen LogP contribution in [0.5, 0.6) is 0 Å². The summed E-state index contributed by atoms with van der Waals surface area (Å²) in [5, 5.41) is 17.5. The van der Waals surface area contributed by atoms with Gasteiger partial charge in [0.05, 0.1) is 5.02 Å². The second-order valence-corrected chi connectivity index (χ2v) is 6.47. The first kappa shape index (κ1) is 17.4.